The fourth-order valence-corrected chi connectivity index (χ4v) is 2.40. The first-order valence-electron chi connectivity index (χ1n) is 8.03. The van der Waals surface area contributed by atoms with Crippen LogP contribution in [0, 0.1) is 0 Å². The summed E-state index contributed by atoms with van der Waals surface area (Å²) in [5.74, 6) is -0.695. The lowest BCUT2D eigenvalue weighted by Crippen LogP contribution is -2.60. The van der Waals surface area contributed by atoms with Crippen LogP contribution >= 0.6 is 0 Å². The second-order valence-electron chi connectivity index (χ2n) is 6.02. The zero-order valence-electron chi connectivity index (χ0n) is 15.5. The van der Waals surface area contributed by atoms with Gasteiger partial charge in [0.25, 0.3) is 5.60 Å². The average Bonchev–Trinajstić information content (AvgIpc) is 2.64. The second-order valence-corrected chi connectivity index (χ2v) is 7.59. The number of hydrogen-bond donors (Lipinski definition) is 2. The minimum absolute atomic E-state index is 0.148. The van der Waals surface area contributed by atoms with Crippen molar-refractivity contribution in [3.05, 3.63) is 60.2 Å². The molecule has 0 atom stereocenters. The molecule has 0 aromatic heterocycles. The Kier molecular flexibility index (Phi) is 8.20. The lowest BCUT2D eigenvalue weighted by atomic mass is 10.0. The van der Waals surface area contributed by atoms with E-state index in [9.17, 15) is 47.9 Å². The third-order valence-corrected chi connectivity index (χ3v) is 4.57. The molecule has 0 spiro atoms. The minimum Gasteiger partial charge on any atom is -0.490 e. The lowest BCUT2D eigenvalue weighted by Gasteiger charge is -2.31. The number of primary sulfonamides is 1. The number of ether oxygens (including phenoxy) is 1. The van der Waals surface area contributed by atoms with Crippen molar-refractivity contribution in [1.29, 1.82) is 0 Å². The van der Waals surface area contributed by atoms with Crippen LogP contribution in [0.1, 0.15) is 5.56 Å². The van der Waals surface area contributed by atoms with Crippen LogP contribution in [0.4, 0.5) is 39.5 Å². The van der Waals surface area contributed by atoms with Crippen LogP contribution in [-0.4, -0.2) is 38.1 Å². The van der Waals surface area contributed by atoms with Crippen molar-refractivity contribution in [1.82, 2.24) is 0 Å². The van der Waals surface area contributed by atoms with E-state index in [1.165, 1.54) is 12.1 Å². The van der Waals surface area contributed by atoms with E-state index in [2.05, 4.69) is 4.74 Å². The molecule has 0 aliphatic carbocycles. The van der Waals surface area contributed by atoms with Crippen molar-refractivity contribution in [2.75, 3.05) is 6.61 Å². The van der Waals surface area contributed by atoms with Gasteiger partial charge in [0, 0.05) is 0 Å². The molecule has 0 aliphatic rings. The summed E-state index contributed by atoms with van der Waals surface area (Å²) in [4.78, 5) is 0.148. The van der Waals surface area contributed by atoms with Crippen LogP contribution in [0.2, 0.25) is 0 Å². The molecule has 0 saturated carbocycles. The van der Waals surface area contributed by atoms with Gasteiger partial charge < -0.3 is 9.84 Å². The van der Waals surface area contributed by atoms with Crippen molar-refractivity contribution in [2.45, 2.75) is 29.0 Å². The first-order valence-corrected chi connectivity index (χ1v) is 9.57. The van der Waals surface area contributed by atoms with Gasteiger partial charge in [0.15, 0.2) is 0 Å². The summed E-state index contributed by atoms with van der Waals surface area (Å²) in [6, 6.07) is 9.79. The lowest BCUT2D eigenvalue weighted by molar-refractivity contribution is -0.373. The first-order chi connectivity index (χ1) is 14.3. The largest absolute Gasteiger partial charge is 0.490 e. The summed E-state index contributed by atoms with van der Waals surface area (Å²) in [5.41, 5.74) is -6.30. The number of benzene rings is 2. The van der Waals surface area contributed by atoms with Crippen molar-refractivity contribution >= 4 is 10.0 Å². The molecule has 180 valence electrons. The number of hydrogen-bond acceptors (Lipinski definition) is 4. The van der Waals surface area contributed by atoms with Gasteiger partial charge in [-0.15, -0.1) is 0 Å². The fraction of sp³-hybridized carbons (Fsp3) is 0.294. The Hall–Kier alpha value is -2.52. The van der Waals surface area contributed by atoms with Crippen molar-refractivity contribution in [3.63, 3.8) is 0 Å². The van der Waals surface area contributed by atoms with Crippen LogP contribution in [0.5, 0.6) is 5.75 Å². The Balaban J connectivity index is 0.000000425. The molecule has 0 unspecified atom stereocenters. The maximum Gasteiger partial charge on any atom is 0.429 e. The molecular formula is C17H14F9NO4S. The molecule has 2 rings (SSSR count). The topological polar surface area (TPSA) is 89.6 Å². The van der Waals surface area contributed by atoms with E-state index < -0.39 is 52.1 Å². The fourth-order valence-electron chi connectivity index (χ4n) is 1.86. The van der Waals surface area contributed by atoms with Gasteiger partial charge in [0.2, 0.25) is 10.0 Å². The van der Waals surface area contributed by atoms with Crippen molar-refractivity contribution in [2.24, 2.45) is 5.14 Å². The van der Waals surface area contributed by atoms with E-state index in [0.29, 0.717) is 24.3 Å². The summed E-state index contributed by atoms with van der Waals surface area (Å²) >= 11 is 0. The molecule has 5 nitrogen and oxygen atoms in total. The van der Waals surface area contributed by atoms with Crippen molar-refractivity contribution in [3.8, 4) is 5.75 Å². The van der Waals surface area contributed by atoms with Gasteiger partial charge in [-0.1, -0.05) is 18.2 Å². The zero-order chi connectivity index (χ0) is 25.0. The molecule has 0 fully saturated rings. The molecule has 0 heterocycles. The summed E-state index contributed by atoms with van der Waals surface area (Å²) in [6.07, 6.45) is -16.9. The van der Waals surface area contributed by atoms with Gasteiger partial charge in [-0.05, 0) is 36.4 Å². The highest BCUT2D eigenvalue weighted by molar-refractivity contribution is 7.89. The van der Waals surface area contributed by atoms with E-state index in [-0.39, 0.29) is 4.90 Å². The Labute approximate surface area is 175 Å². The predicted molar refractivity (Wildman–Crippen MR) is 91.8 cm³/mol. The van der Waals surface area contributed by atoms with Crippen LogP contribution in [0.15, 0.2) is 59.5 Å². The van der Waals surface area contributed by atoms with Crippen LogP contribution in [0.3, 0.4) is 0 Å². The maximum atomic E-state index is 12.3. The first kappa shape index (κ1) is 27.5. The molecule has 0 bridgehead atoms. The number of alkyl halides is 9. The van der Waals surface area contributed by atoms with E-state index in [4.69, 9.17) is 10.2 Å². The molecule has 2 aromatic rings. The molecule has 0 saturated heterocycles. The molecule has 15 heteroatoms. The Morgan fingerprint density at radius 1 is 0.781 bits per heavy atom. The van der Waals surface area contributed by atoms with Gasteiger partial charge in [-0.3, -0.25) is 0 Å². The molecule has 32 heavy (non-hydrogen) atoms. The third-order valence-electron chi connectivity index (χ3n) is 3.64. The van der Waals surface area contributed by atoms with Gasteiger partial charge >= 0.3 is 18.5 Å². The van der Waals surface area contributed by atoms with Gasteiger partial charge in [-0.2, -0.15) is 39.5 Å². The second kappa shape index (κ2) is 9.54. The summed E-state index contributed by atoms with van der Waals surface area (Å²) in [5, 5.41) is 13.6. The maximum absolute atomic E-state index is 12.3. The summed E-state index contributed by atoms with van der Waals surface area (Å²) < 4.78 is 136. The van der Waals surface area contributed by atoms with E-state index in [1.807, 2.05) is 0 Å². The standard InChI is InChI=1S/C11H7F9O2.C6H7NO2S/c12-9(13,14)6-1-3-7(4-2-6)22-5-8(21,10(15,16)17)11(18,19)20;7-10(8,9)6-4-2-1-3-5-6/h1-4,21H,5H2;1-5H,(H2,7,8,9). The highest BCUT2D eigenvalue weighted by atomic mass is 32.2. The highest BCUT2D eigenvalue weighted by Crippen LogP contribution is 2.43. The summed E-state index contributed by atoms with van der Waals surface area (Å²) in [6.45, 7) is -2.24. The SMILES string of the molecule is NS(=O)(=O)c1ccccc1.OC(COc1ccc(C(F)(F)F)cc1)(C(F)(F)F)C(F)(F)F. The molecule has 3 N–H and O–H groups in total. The highest BCUT2D eigenvalue weighted by Gasteiger charge is 2.71. The van der Waals surface area contributed by atoms with E-state index >= 15 is 0 Å². The van der Waals surface area contributed by atoms with Crippen LogP contribution in [-0.2, 0) is 16.2 Å². The van der Waals surface area contributed by atoms with Gasteiger partial charge in [0.05, 0.1) is 10.5 Å². The number of rotatable bonds is 4. The molecular weight excluding hydrogens is 485 g/mol. The molecule has 0 radical (unpaired) electrons. The smallest absolute Gasteiger partial charge is 0.429 e. The normalized spacial score (nSPS) is 13.2. The number of nitrogens with two attached hydrogens (primary N) is 1. The number of halogens is 9. The quantitative estimate of drug-likeness (QED) is 0.615. The Morgan fingerprint density at radius 2 is 1.22 bits per heavy atom. The van der Waals surface area contributed by atoms with Crippen LogP contribution in [0.25, 0.3) is 0 Å². The zero-order valence-corrected chi connectivity index (χ0v) is 16.3. The predicted octanol–water partition coefficient (Wildman–Crippen LogP) is 4.27. The Morgan fingerprint density at radius 3 is 1.53 bits per heavy atom. The van der Waals surface area contributed by atoms with Crippen LogP contribution < -0.4 is 9.88 Å². The summed E-state index contributed by atoms with van der Waals surface area (Å²) in [7, 11) is -3.50. The molecule has 2 aromatic carbocycles. The van der Waals surface area contributed by atoms with E-state index in [0.717, 1.165) is 0 Å². The van der Waals surface area contributed by atoms with Crippen molar-refractivity contribution < 1.29 is 57.8 Å². The van der Waals surface area contributed by atoms with Gasteiger partial charge in [-0.25, -0.2) is 13.6 Å². The van der Waals surface area contributed by atoms with Gasteiger partial charge in [0.1, 0.15) is 12.4 Å². The molecule has 0 aliphatic heterocycles. The molecule has 0 amide bonds. The Bertz CT molecular complexity index is 956. The minimum atomic E-state index is -6.07. The van der Waals surface area contributed by atoms with E-state index in [1.54, 1.807) is 18.2 Å². The number of aliphatic hydroxyl groups is 1. The monoisotopic (exact) mass is 499 g/mol. The average molecular weight is 499 g/mol. The third kappa shape index (κ3) is 7.27. The number of sulfonamides is 1.